The van der Waals surface area contributed by atoms with Gasteiger partial charge in [0.2, 0.25) is 0 Å². The minimum atomic E-state index is -0.899. The second kappa shape index (κ2) is 15.0. The van der Waals surface area contributed by atoms with Crippen molar-refractivity contribution in [3.05, 3.63) is 130 Å². The molecule has 0 aliphatic heterocycles. The summed E-state index contributed by atoms with van der Waals surface area (Å²) in [6.45, 7) is 22.7. The van der Waals surface area contributed by atoms with Gasteiger partial charge in [0.1, 0.15) is 0 Å². The van der Waals surface area contributed by atoms with Gasteiger partial charge in [0.15, 0.2) is 0 Å². The SMILES string of the molecule is CC(=Nc1c(C(C)C)cccc1C(C)C)/C(=C(/C)Nc1c(C(C)C)cccc1C(C)C)P(c1ccccc1)c1ccccc1. The predicted octanol–water partition coefficient (Wildman–Crippen LogP) is 11.7. The maximum atomic E-state index is 5.59. The molecular weight excluding hydrogens is 551 g/mol. The number of allylic oxidation sites excluding steroid dienone is 2. The van der Waals surface area contributed by atoms with E-state index in [-0.39, 0.29) is 0 Å². The first-order chi connectivity index (χ1) is 21.0. The third kappa shape index (κ3) is 7.59. The summed E-state index contributed by atoms with van der Waals surface area (Å²) in [5.41, 5.74) is 9.89. The molecule has 0 unspecified atom stereocenters. The van der Waals surface area contributed by atoms with Crippen molar-refractivity contribution < 1.29 is 0 Å². The molecule has 4 aromatic rings. The molecule has 0 spiro atoms. The van der Waals surface area contributed by atoms with Crippen molar-refractivity contribution in [3.63, 3.8) is 0 Å². The van der Waals surface area contributed by atoms with Gasteiger partial charge in [-0.25, -0.2) is 0 Å². The van der Waals surface area contributed by atoms with Gasteiger partial charge in [0, 0.05) is 22.4 Å². The van der Waals surface area contributed by atoms with Crippen LogP contribution in [0.5, 0.6) is 0 Å². The van der Waals surface area contributed by atoms with E-state index in [0.29, 0.717) is 23.7 Å². The highest BCUT2D eigenvalue weighted by Crippen LogP contribution is 2.47. The van der Waals surface area contributed by atoms with E-state index in [2.05, 4.69) is 172 Å². The molecule has 0 aliphatic carbocycles. The first kappa shape index (κ1) is 33.4. The van der Waals surface area contributed by atoms with Crippen LogP contribution in [0, 0.1) is 0 Å². The molecule has 0 heterocycles. The molecule has 0 fully saturated rings. The summed E-state index contributed by atoms with van der Waals surface area (Å²) in [6, 6.07) is 35.5. The Morgan fingerprint density at radius 2 is 0.909 bits per heavy atom. The topological polar surface area (TPSA) is 24.4 Å². The van der Waals surface area contributed by atoms with E-state index in [1.54, 1.807) is 0 Å². The molecule has 0 saturated heterocycles. The predicted molar refractivity (Wildman–Crippen MR) is 197 cm³/mol. The Morgan fingerprint density at radius 3 is 1.30 bits per heavy atom. The summed E-state index contributed by atoms with van der Waals surface area (Å²) in [4.78, 5) is 5.59. The van der Waals surface area contributed by atoms with Crippen molar-refractivity contribution in [2.45, 2.75) is 92.9 Å². The molecule has 4 aromatic carbocycles. The van der Waals surface area contributed by atoms with Crippen LogP contribution in [0.3, 0.4) is 0 Å². The molecule has 44 heavy (non-hydrogen) atoms. The van der Waals surface area contributed by atoms with Crippen LogP contribution in [-0.2, 0) is 0 Å². The maximum absolute atomic E-state index is 5.59. The third-order valence-electron chi connectivity index (χ3n) is 8.26. The largest absolute Gasteiger partial charge is 0.358 e. The van der Waals surface area contributed by atoms with Crippen LogP contribution in [0.1, 0.15) is 115 Å². The van der Waals surface area contributed by atoms with Gasteiger partial charge in [-0.3, -0.25) is 4.99 Å². The molecule has 0 amide bonds. The van der Waals surface area contributed by atoms with E-state index in [4.69, 9.17) is 4.99 Å². The molecule has 230 valence electrons. The highest BCUT2D eigenvalue weighted by molar-refractivity contribution is 7.78. The van der Waals surface area contributed by atoms with E-state index in [1.165, 1.54) is 43.9 Å². The smallest absolute Gasteiger partial charge is 0.0702 e. The van der Waals surface area contributed by atoms with Gasteiger partial charge in [0.05, 0.1) is 5.69 Å². The number of rotatable bonds is 11. The number of aliphatic imine (C=N–C) groups is 1. The number of hydrogen-bond donors (Lipinski definition) is 1. The lowest BCUT2D eigenvalue weighted by Crippen LogP contribution is -2.19. The molecule has 0 radical (unpaired) electrons. The number of anilines is 1. The van der Waals surface area contributed by atoms with Crippen molar-refractivity contribution in [2.24, 2.45) is 4.99 Å². The van der Waals surface area contributed by atoms with Gasteiger partial charge in [-0.15, -0.1) is 0 Å². The lowest BCUT2D eigenvalue weighted by Gasteiger charge is -2.28. The van der Waals surface area contributed by atoms with Crippen LogP contribution >= 0.6 is 7.92 Å². The molecule has 0 aliphatic rings. The Labute approximate surface area is 268 Å². The fourth-order valence-electron chi connectivity index (χ4n) is 5.97. The van der Waals surface area contributed by atoms with Gasteiger partial charge in [0.25, 0.3) is 0 Å². The Hall–Kier alpha value is -3.48. The van der Waals surface area contributed by atoms with E-state index >= 15 is 0 Å². The van der Waals surface area contributed by atoms with E-state index in [9.17, 15) is 0 Å². The normalized spacial score (nSPS) is 12.9. The second-order valence-corrected chi connectivity index (χ2v) is 15.2. The van der Waals surface area contributed by atoms with Gasteiger partial charge in [-0.1, -0.05) is 152 Å². The Balaban J connectivity index is 2.06. The zero-order valence-electron chi connectivity index (χ0n) is 28.4. The molecule has 0 atom stereocenters. The first-order valence-corrected chi connectivity index (χ1v) is 17.5. The summed E-state index contributed by atoms with van der Waals surface area (Å²) in [6.07, 6.45) is 0. The highest BCUT2D eigenvalue weighted by atomic mass is 31.1. The molecule has 0 aromatic heterocycles. The number of para-hydroxylation sites is 2. The monoisotopic (exact) mass is 602 g/mol. The second-order valence-electron chi connectivity index (χ2n) is 13.0. The summed E-state index contributed by atoms with van der Waals surface area (Å²) < 4.78 is 0. The van der Waals surface area contributed by atoms with Crippen LogP contribution in [0.2, 0.25) is 0 Å². The van der Waals surface area contributed by atoms with E-state index < -0.39 is 7.92 Å². The lowest BCUT2D eigenvalue weighted by atomic mass is 9.92. The summed E-state index contributed by atoms with van der Waals surface area (Å²) in [5, 5.41) is 7.94. The van der Waals surface area contributed by atoms with Crippen LogP contribution in [0.15, 0.2) is 113 Å². The zero-order valence-corrected chi connectivity index (χ0v) is 29.3. The van der Waals surface area contributed by atoms with Crippen molar-refractivity contribution in [1.29, 1.82) is 0 Å². The Bertz CT molecular complexity index is 1500. The van der Waals surface area contributed by atoms with Crippen LogP contribution in [0.4, 0.5) is 11.4 Å². The van der Waals surface area contributed by atoms with Crippen LogP contribution in [-0.4, -0.2) is 5.71 Å². The average molecular weight is 603 g/mol. The van der Waals surface area contributed by atoms with E-state index in [1.807, 2.05) is 0 Å². The molecule has 2 nitrogen and oxygen atoms in total. The fourth-order valence-corrected chi connectivity index (χ4v) is 8.49. The van der Waals surface area contributed by atoms with Crippen molar-refractivity contribution >= 4 is 35.6 Å². The first-order valence-electron chi connectivity index (χ1n) is 16.2. The van der Waals surface area contributed by atoms with Crippen molar-refractivity contribution in [2.75, 3.05) is 5.32 Å². The summed E-state index contributed by atoms with van der Waals surface area (Å²) >= 11 is 0. The Kier molecular flexibility index (Phi) is 11.4. The summed E-state index contributed by atoms with van der Waals surface area (Å²) in [7, 11) is -0.899. The zero-order chi connectivity index (χ0) is 32.0. The molecule has 3 heteroatoms. The molecule has 0 bridgehead atoms. The standard InChI is InChI=1S/C41H51N2P/c1-27(2)35-23-17-24-36(28(3)4)39(35)42-31(9)41(44(33-19-13-11-14-20-33)34-21-15-12-16-22-34)32(10)43-40-37(29(5)6)25-18-26-38(40)30(7)8/h11-30,42H,1-10H3/b41-31+,43-32?. The molecular formula is C41H51N2P. The highest BCUT2D eigenvalue weighted by Gasteiger charge is 2.26. The minimum Gasteiger partial charge on any atom is -0.358 e. The van der Waals surface area contributed by atoms with Gasteiger partial charge in [-0.2, -0.15) is 0 Å². The van der Waals surface area contributed by atoms with Crippen LogP contribution < -0.4 is 15.9 Å². The van der Waals surface area contributed by atoms with Crippen molar-refractivity contribution in [1.82, 2.24) is 0 Å². The summed E-state index contributed by atoms with van der Waals surface area (Å²) in [5.74, 6) is 1.56. The van der Waals surface area contributed by atoms with Gasteiger partial charge < -0.3 is 5.32 Å². The minimum absolute atomic E-state index is 0.378. The Morgan fingerprint density at radius 1 is 0.523 bits per heavy atom. The number of nitrogens with one attached hydrogen (secondary N) is 1. The van der Waals surface area contributed by atoms with E-state index in [0.717, 1.165) is 17.1 Å². The van der Waals surface area contributed by atoms with Crippen molar-refractivity contribution in [3.8, 4) is 0 Å². The van der Waals surface area contributed by atoms with Crippen LogP contribution in [0.25, 0.3) is 0 Å². The molecule has 4 rings (SSSR count). The fraction of sp³-hybridized carbons (Fsp3) is 0.341. The third-order valence-corrected chi connectivity index (χ3v) is 11.0. The maximum Gasteiger partial charge on any atom is 0.0702 e. The average Bonchev–Trinajstić information content (AvgIpc) is 3.00. The van der Waals surface area contributed by atoms with Gasteiger partial charge >= 0.3 is 0 Å². The number of hydrogen-bond acceptors (Lipinski definition) is 2. The lowest BCUT2D eigenvalue weighted by molar-refractivity contribution is 0.834. The number of benzene rings is 4. The molecule has 1 N–H and O–H groups in total. The number of nitrogens with zero attached hydrogens (tertiary/aromatic N) is 1. The quantitative estimate of drug-likeness (QED) is 0.134. The molecule has 0 saturated carbocycles. The van der Waals surface area contributed by atoms with Gasteiger partial charge in [-0.05, 0) is 78.3 Å².